The van der Waals surface area contributed by atoms with Crippen molar-refractivity contribution in [1.82, 2.24) is 9.13 Å². The van der Waals surface area contributed by atoms with E-state index in [1.54, 1.807) is 19.4 Å². The zero-order valence-electron chi connectivity index (χ0n) is 9.14. The highest BCUT2D eigenvalue weighted by Gasteiger charge is 2.06. The largest absolute Gasteiger partial charge is 0.326 e. The van der Waals surface area contributed by atoms with Crippen LogP contribution in [0.4, 0.5) is 0 Å². The van der Waals surface area contributed by atoms with Crippen LogP contribution in [0.25, 0.3) is 0 Å². The highest BCUT2D eigenvalue weighted by Crippen LogP contribution is 1.94. The summed E-state index contributed by atoms with van der Waals surface area (Å²) in [5.41, 5.74) is 4.78. The summed E-state index contributed by atoms with van der Waals surface area (Å²) < 4.78 is 2.65. The van der Waals surface area contributed by atoms with Gasteiger partial charge in [-0.05, 0) is 6.42 Å². The average Bonchev–Trinajstić information content (AvgIpc) is 2.20. The average molecular weight is 211 g/mol. The Balaban J connectivity index is 2.93. The number of aryl methyl sites for hydroxylation is 1. The van der Waals surface area contributed by atoms with Gasteiger partial charge in [0.25, 0.3) is 0 Å². The van der Waals surface area contributed by atoms with Crippen LogP contribution in [0.5, 0.6) is 0 Å². The normalized spacial score (nSPS) is 12.7. The van der Waals surface area contributed by atoms with E-state index in [-0.39, 0.29) is 6.04 Å². The van der Waals surface area contributed by atoms with Crippen molar-refractivity contribution < 1.29 is 0 Å². The number of nitrogens with two attached hydrogens (primary N) is 1. The summed E-state index contributed by atoms with van der Waals surface area (Å²) in [6.45, 7) is 2.44. The summed E-state index contributed by atoms with van der Waals surface area (Å²) in [6, 6.07) is -0.0696. The second-order valence-electron chi connectivity index (χ2n) is 3.72. The molecular weight excluding hydrogens is 194 g/mol. The molecule has 0 bridgehead atoms. The minimum absolute atomic E-state index is 0.0696. The Morgan fingerprint density at radius 2 is 2.00 bits per heavy atom. The van der Waals surface area contributed by atoms with Crippen molar-refractivity contribution in [3.8, 4) is 0 Å². The van der Waals surface area contributed by atoms with E-state index in [2.05, 4.69) is 0 Å². The smallest absolute Gasteiger partial charge is 0.316 e. The summed E-state index contributed by atoms with van der Waals surface area (Å²) in [7, 11) is 1.56. The first-order valence-corrected chi connectivity index (χ1v) is 5.08. The third-order valence-corrected chi connectivity index (χ3v) is 2.33. The lowest BCUT2D eigenvalue weighted by molar-refractivity contribution is 0.497. The molecule has 1 atom stereocenters. The minimum Gasteiger partial charge on any atom is -0.326 e. The van der Waals surface area contributed by atoms with Crippen molar-refractivity contribution >= 4 is 0 Å². The van der Waals surface area contributed by atoms with Gasteiger partial charge in [0, 0.05) is 32.0 Å². The van der Waals surface area contributed by atoms with E-state index in [0.717, 1.165) is 12.8 Å². The van der Waals surface area contributed by atoms with Crippen LogP contribution >= 0.6 is 0 Å². The van der Waals surface area contributed by atoms with Crippen LogP contribution in [0.3, 0.4) is 0 Å². The molecule has 0 radical (unpaired) electrons. The Kier molecular flexibility index (Phi) is 3.85. The number of hydrogen-bond acceptors (Lipinski definition) is 3. The first-order chi connectivity index (χ1) is 7.06. The highest BCUT2D eigenvalue weighted by atomic mass is 16.2. The van der Waals surface area contributed by atoms with Crippen LogP contribution < -0.4 is 16.9 Å². The molecule has 1 aromatic rings. The lowest BCUT2D eigenvalue weighted by Crippen LogP contribution is -2.42. The topological polar surface area (TPSA) is 70.0 Å². The van der Waals surface area contributed by atoms with E-state index in [4.69, 9.17) is 5.73 Å². The fraction of sp³-hybridized carbons (Fsp3) is 0.600. The molecule has 0 amide bonds. The highest BCUT2D eigenvalue weighted by molar-refractivity contribution is 4.85. The molecular formula is C10H17N3O2. The standard InChI is InChI=1S/C10H17N3O2/c1-3-4-8(11)7-13-6-5-12(2)9(14)10(13)15/h5-6,8H,3-4,7,11H2,1-2H3. The van der Waals surface area contributed by atoms with Crippen LogP contribution in [-0.2, 0) is 13.6 Å². The zero-order chi connectivity index (χ0) is 11.4. The second kappa shape index (κ2) is 4.93. The van der Waals surface area contributed by atoms with Gasteiger partial charge in [0.15, 0.2) is 0 Å². The first-order valence-electron chi connectivity index (χ1n) is 5.08. The van der Waals surface area contributed by atoms with Gasteiger partial charge in [0.05, 0.1) is 0 Å². The number of hydrogen-bond donors (Lipinski definition) is 1. The Hall–Kier alpha value is -1.36. The van der Waals surface area contributed by atoms with Crippen LogP contribution in [0, 0.1) is 0 Å². The van der Waals surface area contributed by atoms with Crippen LogP contribution in [0.2, 0.25) is 0 Å². The lowest BCUT2D eigenvalue weighted by Gasteiger charge is -2.12. The Morgan fingerprint density at radius 1 is 1.33 bits per heavy atom. The minimum atomic E-state index is -0.513. The van der Waals surface area contributed by atoms with Crippen molar-refractivity contribution in [2.24, 2.45) is 12.8 Å². The van der Waals surface area contributed by atoms with E-state index >= 15 is 0 Å². The van der Waals surface area contributed by atoms with Gasteiger partial charge in [-0.15, -0.1) is 0 Å². The van der Waals surface area contributed by atoms with Crippen molar-refractivity contribution in [2.75, 3.05) is 0 Å². The molecule has 1 unspecified atom stereocenters. The summed E-state index contributed by atoms with van der Waals surface area (Å²) in [4.78, 5) is 22.8. The predicted octanol–water partition coefficient (Wildman–Crippen LogP) is -0.326. The molecule has 1 aromatic heterocycles. The quantitative estimate of drug-likeness (QED) is 0.693. The molecule has 0 aromatic carbocycles. The molecule has 0 aliphatic carbocycles. The number of rotatable bonds is 4. The zero-order valence-corrected chi connectivity index (χ0v) is 9.14. The molecule has 84 valence electrons. The molecule has 5 heteroatoms. The maximum atomic E-state index is 11.5. The molecule has 1 heterocycles. The predicted molar refractivity (Wildman–Crippen MR) is 58.8 cm³/mol. The third kappa shape index (κ3) is 2.79. The first kappa shape index (κ1) is 11.7. The summed E-state index contributed by atoms with van der Waals surface area (Å²) in [5.74, 6) is 0. The summed E-state index contributed by atoms with van der Waals surface area (Å²) in [6.07, 6.45) is 4.99. The van der Waals surface area contributed by atoms with Crippen LogP contribution in [0.1, 0.15) is 19.8 Å². The van der Waals surface area contributed by atoms with E-state index in [0.29, 0.717) is 6.54 Å². The lowest BCUT2D eigenvalue weighted by atomic mass is 10.2. The molecule has 2 N–H and O–H groups in total. The van der Waals surface area contributed by atoms with Crippen LogP contribution in [-0.4, -0.2) is 15.2 Å². The molecule has 0 spiro atoms. The van der Waals surface area contributed by atoms with Crippen molar-refractivity contribution in [3.05, 3.63) is 33.1 Å². The monoisotopic (exact) mass is 211 g/mol. The van der Waals surface area contributed by atoms with Gasteiger partial charge in [-0.1, -0.05) is 13.3 Å². The van der Waals surface area contributed by atoms with Gasteiger partial charge < -0.3 is 14.9 Å². The van der Waals surface area contributed by atoms with E-state index in [9.17, 15) is 9.59 Å². The fourth-order valence-corrected chi connectivity index (χ4v) is 1.45. The van der Waals surface area contributed by atoms with Crippen molar-refractivity contribution in [2.45, 2.75) is 32.4 Å². The maximum absolute atomic E-state index is 11.5. The molecule has 0 saturated heterocycles. The van der Waals surface area contributed by atoms with Gasteiger partial charge >= 0.3 is 11.1 Å². The Morgan fingerprint density at radius 3 is 2.60 bits per heavy atom. The van der Waals surface area contributed by atoms with Gasteiger partial charge in [-0.25, -0.2) is 0 Å². The molecule has 0 aliphatic rings. The Labute approximate surface area is 88.1 Å². The van der Waals surface area contributed by atoms with E-state index < -0.39 is 11.1 Å². The molecule has 15 heavy (non-hydrogen) atoms. The summed E-state index contributed by atoms with van der Waals surface area (Å²) in [5, 5.41) is 0. The van der Waals surface area contributed by atoms with E-state index in [1.165, 1.54) is 9.13 Å². The van der Waals surface area contributed by atoms with Gasteiger partial charge in [-0.2, -0.15) is 0 Å². The van der Waals surface area contributed by atoms with Crippen molar-refractivity contribution in [3.63, 3.8) is 0 Å². The van der Waals surface area contributed by atoms with Gasteiger partial charge in [0.1, 0.15) is 0 Å². The molecule has 5 nitrogen and oxygen atoms in total. The molecule has 1 rings (SSSR count). The van der Waals surface area contributed by atoms with Crippen molar-refractivity contribution in [1.29, 1.82) is 0 Å². The molecule has 0 saturated carbocycles. The number of aromatic nitrogens is 2. The van der Waals surface area contributed by atoms with Gasteiger partial charge in [0.2, 0.25) is 0 Å². The van der Waals surface area contributed by atoms with E-state index in [1.807, 2.05) is 6.92 Å². The van der Waals surface area contributed by atoms with Gasteiger partial charge in [-0.3, -0.25) is 9.59 Å². The fourth-order valence-electron chi connectivity index (χ4n) is 1.45. The number of nitrogens with zero attached hydrogens (tertiary/aromatic N) is 2. The Bertz CT molecular complexity index is 433. The summed E-state index contributed by atoms with van der Waals surface area (Å²) >= 11 is 0. The second-order valence-corrected chi connectivity index (χ2v) is 3.72. The molecule has 0 aliphatic heterocycles. The SMILES string of the molecule is CCCC(N)Cn1ccn(C)c(=O)c1=O. The van der Waals surface area contributed by atoms with Crippen LogP contribution in [0.15, 0.2) is 22.0 Å². The molecule has 0 fully saturated rings. The maximum Gasteiger partial charge on any atom is 0.316 e. The third-order valence-electron chi connectivity index (χ3n) is 2.33.